The third kappa shape index (κ3) is 5.64. The van der Waals surface area contributed by atoms with Crippen LogP contribution < -0.4 is 10.2 Å². The molecule has 2 aromatic rings. The van der Waals surface area contributed by atoms with Gasteiger partial charge in [-0.15, -0.1) is 0 Å². The predicted molar refractivity (Wildman–Crippen MR) is 105 cm³/mol. The number of rotatable bonds is 7. The van der Waals surface area contributed by atoms with Crippen LogP contribution in [0, 0.1) is 0 Å². The van der Waals surface area contributed by atoms with Crippen LogP contribution in [0.3, 0.4) is 0 Å². The van der Waals surface area contributed by atoms with Crippen molar-refractivity contribution in [1.29, 1.82) is 0 Å². The zero-order valence-electron chi connectivity index (χ0n) is 14.6. The van der Waals surface area contributed by atoms with Gasteiger partial charge in [0, 0.05) is 34.5 Å². The molecule has 1 N–H and O–H groups in total. The zero-order chi connectivity index (χ0) is 19.1. The Kier molecular flexibility index (Phi) is 7.30. The summed E-state index contributed by atoms with van der Waals surface area (Å²) in [5.41, 5.74) is 1.86. The number of hydrogen-bond donors (Lipinski definition) is 1. The van der Waals surface area contributed by atoms with E-state index in [0.29, 0.717) is 21.3 Å². The standard InChI is InChI=1S/C19H20Cl2N2O3/c1-3-23(4-2)17-7-5-13(6-8-17)19(25)26-12-18(24)22-16-10-14(20)9-15(21)11-16/h5-11H,3-4,12H2,1-2H3,(H,22,24). The second kappa shape index (κ2) is 9.46. The SMILES string of the molecule is CCN(CC)c1ccc(C(=O)OCC(=O)Nc2cc(Cl)cc(Cl)c2)cc1. The molecule has 0 saturated carbocycles. The maximum Gasteiger partial charge on any atom is 0.338 e. The predicted octanol–water partition coefficient (Wildman–Crippen LogP) is 4.64. The van der Waals surface area contributed by atoms with Crippen LogP contribution in [-0.4, -0.2) is 31.6 Å². The summed E-state index contributed by atoms with van der Waals surface area (Å²) < 4.78 is 5.05. The summed E-state index contributed by atoms with van der Waals surface area (Å²) in [7, 11) is 0. The molecule has 138 valence electrons. The highest BCUT2D eigenvalue weighted by Gasteiger charge is 2.12. The van der Waals surface area contributed by atoms with Gasteiger partial charge >= 0.3 is 5.97 Å². The lowest BCUT2D eigenvalue weighted by Crippen LogP contribution is -2.22. The first-order chi connectivity index (χ1) is 12.4. The van der Waals surface area contributed by atoms with Crippen molar-refractivity contribution in [2.75, 3.05) is 29.9 Å². The fraction of sp³-hybridized carbons (Fsp3) is 0.263. The molecule has 0 saturated heterocycles. The fourth-order valence-corrected chi connectivity index (χ4v) is 2.96. The van der Waals surface area contributed by atoms with Crippen LogP contribution in [0.4, 0.5) is 11.4 Å². The van der Waals surface area contributed by atoms with Crippen LogP contribution in [0.2, 0.25) is 10.0 Å². The zero-order valence-corrected chi connectivity index (χ0v) is 16.1. The molecule has 5 nitrogen and oxygen atoms in total. The molecule has 2 aromatic carbocycles. The number of nitrogens with zero attached hydrogens (tertiary/aromatic N) is 1. The Hall–Kier alpha value is -2.24. The van der Waals surface area contributed by atoms with Crippen LogP contribution >= 0.6 is 23.2 Å². The second-order valence-electron chi connectivity index (χ2n) is 5.50. The molecule has 7 heteroatoms. The normalized spacial score (nSPS) is 10.3. The Morgan fingerprint density at radius 1 is 1.00 bits per heavy atom. The van der Waals surface area contributed by atoms with Crippen LogP contribution in [0.5, 0.6) is 0 Å². The first kappa shape index (κ1) is 20.1. The lowest BCUT2D eigenvalue weighted by molar-refractivity contribution is -0.119. The van der Waals surface area contributed by atoms with Crippen LogP contribution in [-0.2, 0) is 9.53 Å². The maximum atomic E-state index is 12.1. The molecule has 0 spiro atoms. The summed E-state index contributed by atoms with van der Waals surface area (Å²) in [4.78, 5) is 26.1. The number of halogens is 2. The minimum Gasteiger partial charge on any atom is -0.452 e. The number of nitrogens with one attached hydrogen (secondary N) is 1. The molecule has 0 heterocycles. The number of ether oxygens (including phenoxy) is 1. The number of benzene rings is 2. The van der Waals surface area contributed by atoms with Gasteiger partial charge in [0.1, 0.15) is 0 Å². The van der Waals surface area contributed by atoms with Crippen molar-refractivity contribution in [3.63, 3.8) is 0 Å². The van der Waals surface area contributed by atoms with Gasteiger partial charge in [-0.25, -0.2) is 4.79 Å². The molecule has 0 aliphatic heterocycles. The van der Waals surface area contributed by atoms with Crippen molar-refractivity contribution in [2.24, 2.45) is 0 Å². The van der Waals surface area contributed by atoms with E-state index in [-0.39, 0.29) is 0 Å². The number of hydrogen-bond acceptors (Lipinski definition) is 4. The highest BCUT2D eigenvalue weighted by Crippen LogP contribution is 2.22. The van der Waals surface area contributed by atoms with Crippen LogP contribution in [0.1, 0.15) is 24.2 Å². The summed E-state index contributed by atoms with van der Waals surface area (Å²) in [6.07, 6.45) is 0. The number of carbonyl (C=O) groups is 2. The van der Waals surface area contributed by atoms with Gasteiger partial charge in [0.05, 0.1) is 5.56 Å². The van der Waals surface area contributed by atoms with Gasteiger partial charge in [-0.2, -0.15) is 0 Å². The summed E-state index contributed by atoms with van der Waals surface area (Å²) in [6, 6.07) is 11.8. The van der Waals surface area contributed by atoms with Gasteiger partial charge in [-0.1, -0.05) is 23.2 Å². The number of carbonyl (C=O) groups excluding carboxylic acids is 2. The van der Waals surface area contributed by atoms with Crippen molar-refractivity contribution in [1.82, 2.24) is 0 Å². The van der Waals surface area contributed by atoms with Gasteiger partial charge in [0.2, 0.25) is 0 Å². The molecule has 0 aromatic heterocycles. The highest BCUT2D eigenvalue weighted by molar-refractivity contribution is 6.35. The smallest absolute Gasteiger partial charge is 0.338 e. The van der Waals surface area contributed by atoms with Crippen molar-refractivity contribution < 1.29 is 14.3 Å². The molecule has 0 atom stereocenters. The molecule has 2 rings (SSSR count). The highest BCUT2D eigenvalue weighted by atomic mass is 35.5. The van der Waals surface area contributed by atoms with E-state index in [4.69, 9.17) is 27.9 Å². The average molecular weight is 395 g/mol. The monoisotopic (exact) mass is 394 g/mol. The number of esters is 1. The van der Waals surface area contributed by atoms with Gasteiger partial charge < -0.3 is 15.0 Å². The van der Waals surface area contributed by atoms with Gasteiger partial charge in [0.15, 0.2) is 6.61 Å². The summed E-state index contributed by atoms with van der Waals surface area (Å²) in [5, 5.41) is 3.38. The topological polar surface area (TPSA) is 58.6 Å². The van der Waals surface area contributed by atoms with E-state index in [1.165, 1.54) is 0 Å². The van der Waals surface area contributed by atoms with E-state index in [1.54, 1.807) is 30.3 Å². The van der Waals surface area contributed by atoms with Gasteiger partial charge in [0.25, 0.3) is 5.91 Å². The van der Waals surface area contributed by atoms with Gasteiger partial charge in [-0.05, 0) is 56.3 Å². The Labute approximate surface area is 162 Å². The van der Waals surface area contributed by atoms with E-state index in [0.717, 1.165) is 18.8 Å². The fourth-order valence-electron chi connectivity index (χ4n) is 2.43. The molecule has 1 amide bonds. The number of amides is 1. The Morgan fingerprint density at radius 3 is 2.12 bits per heavy atom. The largest absolute Gasteiger partial charge is 0.452 e. The molecule has 0 unspecified atom stereocenters. The average Bonchev–Trinajstić information content (AvgIpc) is 2.60. The van der Waals surface area contributed by atoms with E-state index in [1.807, 2.05) is 12.1 Å². The first-order valence-electron chi connectivity index (χ1n) is 8.21. The Morgan fingerprint density at radius 2 is 1.58 bits per heavy atom. The Balaban J connectivity index is 1.90. The Bertz CT molecular complexity index is 755. The van der Waals surface area contributed by atoms with Crippen molar-refractivity contribution in [2.45, 2.75) is 13.8 Å². The second-order valence-corrected chi connectivity index (χ2v) is 6.37. The lowest BCUT2D eigenvalue weighted by Gasteiger charge is -2.20. The van der Waals surface area contributed by atoms with E-state index in [9.17, 15) is 9.59 Å². The summed E-state index contributed by atoms with van der Waals surface area (Å²) >= 11 is 11.7. The van der Waals surface area contributed by atoms with E-state index < -0.39 is 18.5 Å². The van der Waals surface area contributed by atoms with E-state index >= 15 is 0 Å². The first-order valence-corrected chi connectivity index (χ1v) is 8.96. The molecular weight excluding hydrogens is 375 g/mol. The van der Waals surface area contributed by atoms with Crippen molar-refractivity contribution in [3.05, 3.63) is 58.1 Å². The molecule has 0 fully saturated rings. The van der Waals surface area contributed by atoms with E-state index in [2.05, 4.69) is 24.1 Å². The molecule has 26 heavy (non-hydrogen) atoms. The minimum atomic E-state index is -0.560. The quantitative estimate of drug-likeness (QED) is 0.695. The molecule has 0 radical (unpaired) electrons. The van der Waals surface area contributed by atoms with Crippen molar-refractivity contribution in [3.8, 4) is 0 Å². The molecule has 0 aliphatic rings. The third-order valence-corrected chi connectivity index (χ3v) is 4.15. The molecule has 0 bridgehead atoms. The number of anilines is 2. The van der Waals surface area contributed by atoms with Crippen LogP contribution in [0.15, 0.2) is 42.5 Å². The minimum absolute atomic E-state index is 0.388. The summed E-state index contributed by atoms with van der Waals surface area (Å²) in [5.74, 6) is -1.04. The van der Waals surface area contributed by atoms with Crippen LogP contribution in [0.25, 0.3) is 0 Å². The third-order valence-electron chi connectivity index (χ3n) is 3.71. The molecule has 0 aliphatic carbocycles. The molecular formula is C19H20Cl2N2O3. The summed E-state index contributed by atoms with van der Waals surface area (Å²) in [6.45, 7) is 5.50. The van der Waals surface area contributed by atoms with Crippen molar-refractivity contribution >= 4 is 46.5 Å². The maximum absolute atomic E-state index is 12.1. The van der Waals surface area contributed by atoms with Gasteiger partial charge in [-0.3, -0.25) is 4.79 Å². The lowest BCUT2D eigenvalue weighted by atomic mass is 10.2.